The molecular formula is C14H24N2. The van der Waals surface area contributed by atoms with Crippen molar-refractivity contribution in [1.29, 1.82) is 0 Å². The van der Waals surface area contributed by atoms with Gasteiger partial charge in [-0.2, -0.15) is 0 Å². The molecule has 1 aromatic rings. The molecule has 0 fully saturated rings. The van der Waals surface area contributed by atoms with Crippen LogP contribution in [0.3, 0.4) is 0 Å². The number of rotatable bonds is 6. The zero-order valence-corrected chi connectivity index (χ0v) is 10.9. The second-order valence-corrected chi connectivity index (χ2v) is 4.46. The van der Waals surface area contributed by atoms with Crippen molar-refractivity contribution in [3.05, 3.63) is 29.3 Å². The predicted molar refractivity (Wildman–Crippen MR) is 72.1 cm³/mol. The van der Waals surface area contributed by atoms with Gasteiger partial charge in [-0.15, -0.1) is 0 Å². The molecular weight excluding hydrogens is 196 g/mol. The van der Waals surface area contributed by atoms with Gasteiger partial charge in [-0.25, -0.2) is 0 Å². The number of benzene rings is 1. The lowest BCUT2D eigenvalue weighted by Gasteiger charge is -2.17. The van der Waals surface area contributed by atoms with Crippen molar-refractivity contribution in [2.45, 2.75) is 27.2 Å². The topological polar surface area (TPSA) is 24.1 Å². The first-order valence-corrected chi connectivity index (χ1v) is 6.13. The monoisotopic (exact) mass is 220 g/mol. The van der Waals surface area contributed by atoms with E-state index >= 15 is 0 Å². The summed E-state index contributed by atoms with van der Waals surface area (Å²) in [6.07, 6.45) is 1.21. The van der Waals surface area contributed by atoms with Crippen LogP contribution >= 0.6 is 0 Å². The minimum absolute atomic E-state index is 0.699. The summed E-state index contributed by atoms with van der Waals surface area (Å²) in [5.74, 6) is 0.699. The third-order valence-electron chi connectivity index (χ3n) is 3.26. The first kappa shape index (κ1) is 13.0. The van der Waals surface area contributed by atoms with Gasteiger partial charge in [0.2, 0.25) is 0 Å². The van der Waals surface area contributed by atoms with Gasteiger partial charge in [0.25, 0.3) is 0 Å². The van der Waals surface area contributed by atoms with E-state index in [1.165, 1.54) is 23.2 Å². The van der Waals surface area contributed by atoms with Crippen LogP contribution in [0, 0.1) is 19.8 Å². The average molecular weight is 220 g/mol. The van der Waals surface area contributed by atoms with Crippen LogP contribution in [0.4, 0.5) is 5.69 Å². The van der Waals surface area contributed by atoms with Crippen LogP contribution in [0.2, 0.25) is 0 Å². The molecule has 1 rings (SSSR count). The molecule has 16 heavy (non-hydrogen) atoms. The quantitative estimate of drug-likeness (QED) is 0.770. The van der Waals surface area contributed by atoms with Crippen LogP contribution in [0.1, 0.15) is 24.5 Å². The van der Waals surface area contributed by atoms with Crippen molar-refractivity contribution >= 4 is 5.69 Å². The zero-order chi connectivity index (χ0) is 12.0. The summed E-state index contributed by atoms with van der Waals surface area (Å²) in [5.41, 5.74) is 3.99. The molecule has 2 heteroatoms. The molecule has 1 atom stereocenters. The SMILES string of the molecule is CCC(CNC)CNc1cccc(C)c1C. The second kappa shape index (κ2) is 6.54. The minimum atomic E-state index is 0.699. The number of nitrogens with one attached hydrogen (secondary N) is 2. The Kier molecular flexibility index (Phi) is 5.33. The van der Waals surface area contributed by atoms with Gasteiger partial charge in [0.1, 0.15) is 0 Å². The Balaban J connectivity index is 2.56. The van der Waals surface area contributed by atoms with Gasteiger partial charge < -0.3 is 10.6 Å². The highest BCUT2D eigenvalue weighted by Gasteiger charge is 2.06. The van der Waals surface area contributed by atoms with Crippen LogP contribution in [0.5, 0.6) is 0 Å². The molecule has 0 radical (unpaired) electrons. The summed E-state index contributed by atoms with van der Waals surface area (Å²) in [6, 6.07) is 6.43. The van der Waals surface area contributed by atoms with E-state index in [9.17, 15) is 0 Å². The molecule has 2 N–H and O–H groups in total. The molecule has 1 aromatic carbocycles. The molecule has 2 nitrogen and oxygen atoms in total. The third kappa shape index (κ3) is 3.53. The second-order valence-electron chi connectivity index (χ2n) is 4.46. The van der Waals surface area contributed by atoms with Crippen molar-refractivity contribution in [3.63, 3.8) is 0 Å². The average Bonchev–Trinajstić information content (AvgIpc) is 2.29. The number of hydrogen-bond donors (Lipinski definition) is 2. The van der Waals surface area contributed by atoms with Crippen molar-refractivity contribution in [2.24, 2.45) is 5.92 Å². The Morgan fingerprint density at radius 2 is 1.94 bits per heavy atom. The highest BCUT2D eigenvalue weighted by molar-refractivity contribution is 5.53. The molecule has 0 aliphatic heterocycles. The highest BCUT2D eigenvalue weighted by Crippen LogP contribution is 2.18. The largest absolute Gasteiger partial charge is 0.384 e. The first-order chi connectivity index (χ1) is 7.69. The minimum Gasteiger partial charge on any atom is -0.384 e. The zero-order valence-electron chi connectivity index (χ0n) is 10.9. The van der Waals surface area contributed by atoms with E-state index < -0.39 is 0 Å². The van der Waals surface area contributed by atoms with Crippen LogP contribution in [-0.4, -0.2) is 20.1 Å². The van der Waals surface area contributed by atoms with Gasteiger partial charge in [-0.1, -0.05) is 25.5 Å². The van der Waals surface area contributed by atoms with Gasteiger partial charge in [0.05, 0.1) is 0 Å². The Morgan fingerprint density at radius 1 is 1.19 bits per heavy atom. The lowest BCUT2D eigenvalue weighted by atomic mass is 10.1. The molecule has 0 aromatic heterocycles. The third-order valence-corrected chi connectivity index (χ3v) is 3.26. The van der Waals surface area contributed by atoms with E-state index in [-0.39, 0.29) is 0 Å². The number of hydrogen-bond acceptors (Lipinski definition) is 2. The van der Waals surface area contributed by atoms with Gasteiger partial charge in [0.15, 0.2) is 0 Å². The molecule has 1 unspecified atom stereocenters. The van der Waals surface area contributed by atoms with Crippen LogP contribution in [-0.2, 0) is 0 Å². The van der Waals surface area contributed by atoms with Crippen LogP contribution in [0.15, 0.2) is 18.2 Å². The Labute approximate surface area is 99.5 Å². The lowest BCUT2D eigenvalue weighted by molar-refractivity contribution is 0.506. The van der Waals surface area contributed by atoms with Gasteiger partial charge in [0, 0.05) is 12.2 Å². The fourth-order valence-electron chi connectivity index (χ4n) is 1.85. The van der Waals surface area contributed by atoms with E-state index in [1.54, 1.807) is 0 Å². The van der Waals surface area contributed by atoms with Crippen LogP contribution in [0.25, 0.3) is 0 Å². The molecule has 0 saturated heterocycles. The fourth-order valence-corrected chi connectivity index (χ4v) is 1.85. The first-order valence-electron chi connectivity index (χ1n) is 6.13. The number of anilines is 1. The number of aryl methyl sites for hydroxylation is 1. The van der Waals surface area contributed by atoms with E-state index in [4.69, 9.17) is 0 Å². The van der Waals surface area contributed by atoms with Gasteiger partial charge in [-0.05, 0) is 50.6 Å². The van der Waals surface area contributed by atoms with Gasteiger partial charge in [-0.3, -0.25) is 0 Å². The molecule has 0 bridgehead atoms. The molecule has 0 aliphatic carbocycles. The van der Waals surface area contributed by atoms with E-state index in [2.05, 4.69) is 49.6 Å². The molecule has 0 heterocycles. The molecule has 0 amide bonds. The maximum Gasteiger partial charge on any atom is 0.0372 e. The molecule has 0 saturated carbocycles. The van der Waals surface area contributed by atoms with E-state index in [0.717, 1.165) is 13.1 Å². The van der Waals surface area contributed by atoms with Crippen molar-refractivity contribution in [1.82, 2.24) is 5.32 Å². The Hall–Kier alpha value is -1.02. The smallest absolute Gasteiger partial charge is 0.0372 e. The fraction of sp³-hybridized carbons (Fsp3) is 0.571. The van der Waals surface area contributed by atoms with Crippen molar-refractivity contribution < 1.29 is 0 Å². The predicted octanol–water partition coefficient (Wildman–Crippen LogP) is 2.96. The maximum absolute atomic E-state index is 3.55. The summed E-state index contributed by atoms with van der Waals surface area (Å²) in [7, 11) is 2.01. The summed E-state index contributed by atoms with van der Waals surface area (Å²) in [6.45, 7) is 8.70. The van der Waals surface area contributed by atoms with E-state index in [1.807, 2.05) is 7.05 Å². The summed E-state index contributed by atoms with van der Waals surface area (Å²) >= 11 is 0. The van der Waals surface area contributed by atoms with Crippen molar-refractivity contribution in [3.8, 4) is 0 Å². The summed E-state index contributed by atoms with van der Waals surface area (Å²) < 4.78 is 0. The molecule has 90 valence electrons. The maximum atomic E-state index is 3.55. The lowest BCUT2D eigenvalue weighted by Crippen LogP contribution is -2.25. The Morgan fingerprint density at radius 3 is 2.56 bits per heavy atom. The summed E-state index contributed by atoms with van der Waals surface area (Å²) in [4.78, 5) is 0. The highest BCUT2D eigenvalue weighted by atomic mass is 14.9. The van der Waals surface area contributed by atoms with Crippen LogP contribution < -0.4 is 10.6 Å². The van der Waals surface area contributed by atoms with Gasteiger partial charge >= 0.3 is 0 Å². The molecule has 0 spiro atoms. The van der Waals surface area contributed by atoms with Crippen molar-refractivity contribution in [2.75, 3.05) is 25.5 Å². The standard InChI is InChI=1S/C14H24N2/c1-5-13(9-15-4)10-16-14-8-6-7-11(2)12(14)3/h6-8,13,15-16H,5,9-10H2,1-4H3. The van der Waals surface area contributed by atoms with E-state index in [0.29, 0.717) is 5.92 Å². The summed E-state index contributed by atoms with van der Waals surface area (Å²) in [5, 5.41) is 6.79. The molecule has 0 aliphatic rings. The normalized spacial score (nSPS) is 12.5. The Bertz CT molecular complexity index is 321.